The standard InChI is InChI=1S/C18H24ClN3O3/c1-18(2,13-19)17(25)22-10-8-21(9-11-22)15(23)12-20-16(24)14-6-4-3-5-7-14/h3-7H,8-13H2,1-2H3,(H,20,24). The second-order valence-electron chi connectivity index (χ2n) is 6.74. The van der Waals surface area contributed by atoms with Crippen molar-refractivity contribution in [2.75, 3.05) is 38.6 Å². The van der Waals surface area contributed by atoms with Crippen LogP contribution in [0.3, 0.4) is 0 Å². The minimum absolute atomic E-state index is 0.00646. The monoisotopic (exact) mass is 365 g/mol. The molecular formula is C18H24ClN3O3. The Bertz CT molecular complexity index is 626. The summed E-state index contributed by atoms with van der Waals surface area (Å²) in [5.74, 6) is -0.150. The summed E-state index contributed by atoms with van der Waals surface area (Å²) in [7, 11) is 0. The molecule has 3 amide bonds. The summed E-state index contributed by atoms with van der Waals surface area (Å²) >= 11 is 5.86. The van der Waals surface area contributed by atoms with Crippen LogP contribution in [-0.2, 0) is 9.59 Å². The van der Waals surface area contributed by atoms with E-state index >= 15 is 0 Å². The first kappa shape index (κ1) is 19.2. The Morgan fingerprint density at radius 3 is 2.16 bits per heavy atom. The summed E-state index contributed by atoms with van der Waals surface area (Å²) in [5, 5.41) is 2.64. The van der Waals surface area contributed by atoms with Crippen LogP contribution < -0.4 is 5.32 Å². The lowest BCUT2D eigenvalue weighted by molar-refractivity contribution is -0.144. The zero-order valence-corrected chi connectivity index (χ0v) is 15.4. The van der Waals surface area contributed by atoms with Gasteiger partial charge in [0, 0.05) is 37.6 Å². The normalized spacial score (nSPS) is 15.0. The van der Waals surface area contributed by atoms with E-state index in [0.717, 1.165) is 0 Å². The molecule has 1 aliphatic rings. The quantitative estimate of drug-likeness (QED) is 0.801. The first-order valence-corrected chi connectivity index (χ1v) is 8.85. The molecule has 1 N–H and O–H groups in total. The topological polar surface area (TPSA) is 69.7 Å². The summed E-state index contributed by atoms with van der Waals surface area (Å²) in [6.45, 7) is 5.48. The molecule has 0 saturated carbocycles. The van der Waals surface area contributed by atoms with E-state index in [2.05, 4.69) is 5.32 Å². The SMILES string of the molecule is CC(C)(CCl)C(=O)N1CCN(C(=O)CNC(=O)c2ccccc2)CC1. The summed E-state index contributed by atoms with van der Waals surface area (Å²) < 4.78 is 0. The average Bonchev–Trinajstić information content (AvgIpc) is 2.66. The van der Waals surface area contributed by atoms with E-state index < -0.39 is 5.41 Å². The highest BCUT2D eigenvalue weighted by Gasteiger charge is 2.33. The van der Waals surface area contributed by atoms with Crippen LogP contribution in [0.25, 0.3) is 0 Å². The smallest absolute Gasteiger partial charge is 0.251 e. The summed E-state index contributed by atoms with van der Waals surface area (Å²) in [6.07, 6.45) is 0. The Kier molecular flexibility index (Phi) is 6.42. The van der Waals surface area contributed by atoms with E-state index in [1.807, 2.05) is 19.9 Å². The maximum absolute atomic E-state index is 12.4. The molecule has 25 heavy (non-hydrogen) atoms. The van der Waals surface area contributed by atoms with E-state index in [-0.39, 0.29) is 30.1 Å². The lowest BCUT2D eigenvalue weighted by Crippen LogP contribution is -2.55. The van der Waals surface area contributed by atoms with Crippen molar-refractivity contribution in [1.29, 1.82) is 0 Å². The van der Waals surface area contributed by atoms with Gasteiger partial charge in [0.1, 0.15) is 0 Å². The van der Waals surface area contributed by atoms with Crippen molar-refractivity contribution >= 4 is 29.3 Å². The summed E-state index contributed by atoms with van der Waals surface area (Å²) in [5.41, 5.74) is -0.0776. The third-order valence-corrected chi connectivity index (χ3v) is 4.94. The van der Waals surface area contributed by atoms with Gasteiger partial charge in [-0.1, -0.05) is 18.2 Å². The van der Waals surface area contributed by atoms with E-state index in [1.165, 1.54) is 0 Å². The van der Waals surface area contributed by atoms with Crippen LogP contribution in [0.4, 0.5) is 0 Å². The molecule has 0 radical (unpaired) electrons. The second-order valence-corrected chi connectivity index (χ2v) is 7.01. The second kappa shape index (κ2) is 8.34. The number of carbonyl (C=O) groups is 3. The highest BCUT2D eigenvalue weighted by Crippen LogP contribution is 2.21. The molecule has 1 fully saturated rings. The van der Waals surface area contributed by atoms with Gasteiger partial charge in [-0.25, -0.2) is 0 Å². The van der Waals surface area contributed by atoms with Crippen LogP contribution in [0.15, 0.2) is 30.3 Å². The maximum Gasteiger partial charge on any atom is 0.251 e. The number of hydrogen-bond acceptors (Lipinski definition) is 3. The fourth-order valence-electron chi connectivity index (χ4n) is 2.60. The lowest BCUT2D eigenvalue weighted by atomic mass is 9.94. The third kappa shape index (κ3) is 4.95. The maximum atomic E-state index is 12.4. The molecule has 136 valence electrons. The van der Waals surface area contributed by atoms with Gasteiger partial charge in [0.2, 0.25) is 11.8 Å². The van der Waals surface area contributed by atoms with Crippen molar-refractivity contribution in [1.82, 2.24) is 15.1 Å². The van der Waals surface area contributed by atoms with Gasteiger partial charge in [-0.15, -0.1) is 11.6 Å². The van der Waals surface area contributed by atoms with Crippen molar-refractivity contribution in [2.24, 2.45) is 5.41 Å². The van der Waals surface area contributed by atoms with E-state index in [4.69, 9.17) is 11.6 Å². The Hall–Kier alpha value is -2.08. The molecule has 0 spiro atoms. The fraction of sp³-hybridized carbons (Fsp3) is 0.500. The van der Waals surface area contributed by atoms with E-state index in [0.29, 0.717) is 31.7 Å². The fourth-order valence-corrected chi connectivity index (χ4v) is 2.72. The predicted octanol–water partition coefficient (Wildman–Crippen LogP) is 1.35. The third-order valence-electron chi connectivity index (χ3n) is 4.27. The van der Waals surface area contributed by atoms with Gasteiger partial charge >= 0.3 is 0 Å². The molecule has 0 aliphatic carbocycles. The van der Waals surface area contributed by atoms with Crippen LogP contribution in [0.5, 0.6) is 0 Å². The first-order valence-electron chi connectivity index (χ1n) is 8.31. The van der Waals surface area contributed by atoms with Gasteiger partial charge in [-0.2, -0.15) is 0 Å². The van der Waals surface area contributed by atoms with Crippen LogP contribution >= 0.6 is 11.6 Å². The van der Waals surface area contributed by atoms with Crippen LogP contribution in [-0.4, -0.2) is 66.1 Å². The number of carbonyl (C=O) groups excluding carboxylic acids is 3. The summed E-state index contributed by atoms with van der Waals surface area (Å²) in [4.78, 5) is 40.0. The molecule has 1 aromatic rings. The molecule has 7 heteroatoms. The zero-order chi connectivity index (χ0) is 18.4. The largest absolute Gasteiger partial charge is 0.343 e. The van der Waals surface area contributed by atoms with Crippen LogP contribution in [0.1, 0.15) is 24.2 Å². The summed E-state index contributed by atoms with van der Waals surface area (Å²) in [6, 6.07) is 8.77. The molecule has 1 aliphatic heterocycles. The van der Waals surface area contributed by atoms with Crippen molar-refractivity contribution in [3.05, 3.63) is 35.9 Å². The van der Waals surface area contributed by atoms with Gasteiger partial charge in [-0.05, 0) is 26.0 Å². The predicted molar refractivity (Wildman–Crippen MR) is 96.4 cm³/mol. The molecule has 0 unspecified atom stereocenters. The average molecular weight is 366 g/mol. The van der Waals surface area contributed by atoms with Crippen LogP contribution in [0.2, 0.25) is 0 Å². The molecule has 6 nitrogen and oxygen atoms in total. The number of alkyl halides is 1. The van der Waals surface area contributed by atoms with Gasteiger partial charge in [0.25, 0.3) is 5.91 Å². The Morgan fingerprint density at radius 1 is 1.04 bits per heavy atom. The Balaban J connectivity index is 1.80. The van der Waals surface area contributed by atoms with Gasteiger partial charge in [0.15, 0.2) is 0 Å². The Labute approximate surface area is 153 Å². The number of nitrogens with one attached hydrogen (secondary N) is 1. The molecule has 0 atom stereocenters. The van der Waals surface area contributed by atoms with Crippen molar-refractivity contribution < 1.29 is 14.4 Å². The highest BCUT2D eigenvalue weighted by atomic mass is 35.5. The minimum Gasteiger partial charge on any atom is -0.343 e. The number of benzene rings is 1. The molecule has 0 aromatic heterocycles. The number of piperazine rings is 1. The number of halogens is 1. The zero-order valence-electron chi connectivity index (χ0n) is 14.6. The number of nitrogens with zero attached hydrogens (tertiary/aromatic N) is 2. The van der Waals surface area contributed by atoms with Crippen molar-refractivity contribution in [3.63, 3.8) is 0 Å². The Morgan fingerprint density at radius 2 is 1.60 bits per heavy atom. The first-order chi connectivity index (χ1) is 11.8. The molecule has 1 heterocycles. The number of amides is 3. The van der Waals surface area contributed by atoms with Gasteiger partial charge < -0.3 is 15.1 Å². The molecule has 2 rings (SSSR count). The highest BCUT2D eigenvalue weighted by molar-refractivity contribution is 6.19. The van der Waals surface area contributed by atoms with Crippen molar-refractivity contribution in [2.45, 2.75) is 13.8 Å². The van der Waals surface area contributed by atoms with E-state index in [9.17, 15) is 14.4 Å². The van der Waals surface area contributed by atoms with Crippen molar-refractivity contribution in [3.8, 4) is 0 Å². The number of rotatable bonds is 5. The van der Waals surface area contributed by atoms with Crippen LogP contribution in [0, 0.1) is 5.41 Å². The molecule has 0 bridgehead atoms. The molecule has 1 saturated heterocycles. The van der Waals surface area contributed by atoms with Gasteiger partial charge in [0.05, 0.1) is 12.0 Å². The molecular weight excluding hydrogens is 342 g/mol. The lowest BCUT2D eigenvalue weighted by Gasteiger charge is -2.38. The minimum atomic E-state index is -0.600. The molecule has 1 aromatic carbocycles. The van der Waals surface area contributed by atoms with Gasteiger partial charge in [-0.3, -0.25) is 14.4 Å². The van der Waals surface area contributed by atoms with E-state index in [1.54, 1.807) is 34.1 Å². The number of hydrogen-bond donors (Lipinski definition) is 1.